The topological polar surface area (TPSA) is 128 Å². The summed E-state index contributed by atoms with van der Waals surface area (Å²) in [5, 5.41) is 5.25. The molecule has 0 saturated heterocycles. The number of allylic oxidation sites excluding steroid dienone is 2. The predicted octanol–water partition coefficient (Wildman–Crippen LogP) is 4.97. The van der Waals surface area contributed by atoms with Crippen LogP contribution in [0.1, 0.15) is 51.5 Å². The first-order valence-electron chi connectivity index (χ1n) is 12.7. The van der Waals surface area contributed by atoms with Crippen molar-refractivity contribution in [3.8, 4) is 0 Å². The zero-order valence-corrected chi connectivity index (χ0v) is 22.0. The molecule has 1 heterocycles. The van der Waals surface area contributed by atoms with Crippen molar-refractivity contribution in [2.24, 2.45) is 27.4 Å². The van der Waals surface area contributed by atoms with Crippen molar-refractivity contribution in [2.45, 2.75) is 58.1 Å². The first-order valence-corrected chi connectivity index (χ1v) is 12.7. The van der Waals surface area contributed by atoms with Crippen LogP contribution >= 0.6 is 0 Å². The number of pyridine rings is 1. The highest BCUT2D eigenvalue weighted by Crippen LogP contribution is 2.27. The van der Waals surface area contributed by atoms with Crippen LogP contribution in [0.2, 0.25) is 0 Å². The molecule has 3 rings (SSSR count). The average Bonchev–Trinajstić information content (AvgIpc) is 3.13. The van der Waals surface area contributed by atoms with Gasteiger partial charge in [0.1, 0.15) is 5.82 Å². The molecule has 1 aromatic carbocycles. The maximum Gasteiger partial charge on any atom is 0.309 e. The highest BCUT2D eigenvalue weighted by atomic mass is 16.5. The fraction of sp³-hybridized carbons (Fsp3) is 0.379. The van der Waals surface area contributed by atoms with E-state index < -0.39 is 0 Å². The number of aromatic nitrogens is 1. The number of anilines is 1. The number of carbonyl (C=O) groups is 1. The number of ether oxygens (including phenoxy) is 1. The van der Waals surface area contributed by atoms with Gasteiger partial charge >= 0.3 is 5.97 Å². The number of nitrogens with two attached hydrogens (primary N) is 2. The van der Waals surface area contributed by atoms with Crippen molar-refractivity contribution in [1.82, 2.24) is 4.98 Å². The average molecular weight is 503 g/mol. The minimum Gasteiger partial charge on any atom is -0.463 e. The Balaban J connectivity index is 1.66. The van der Waals surface area contributed by atoms with E-state index in [4.69, 9.17) is 21.2 Å². The summed E-state index contributed by atoms with van der Waals surface area (Å²) in [6.07, 6.45) is 12.6. The number of carbonyl (C=O) groups excluding carboxylic acids is 1. The molecular weight excluding hydrogens is 464 g/mol. The number of nitrogens with one attached hydrogen (secondary N) is 1. The van der Waals surface area contributed by atoms with E-state index in [0.29, 0.717) is 17.1 Å². The minimum atomic E-state index is -0.0940. The van der Waals surface area contributed by atoms with Crippen molar-refractivity contribution < 1.29 is 9.53 Å². The van der Waals surface area contributed by atoms with Crippen molar-refractivity contribution in [3.63, 3.8) is 0 Å². The summed E-state index contributed by atoms with van der Waals surface area (Å²) < 4.78 is 5.40. The third kappa shape index (κ3) is 7.77. The summed E-state index contributed by atoms with van der Waals surface area (Å²) in [6.45, 7) is 7.90. The van der Waals surface area contributed by atoms with E-state index in [1.54, 1.807) is 31.9 Å². The lowest BCUT2D eigenvalue weighted by molar-refractivity contribution is -0.152. The summed E-state index contributed by atoms with van der Waals surface area (Å²) in [7, 11) is 1.71. The second kappa shape index (κ2) is 13.4. The van der Waals surface area contributed by atoms with Gasteiger partial charge in [0.05, 0.1) is 12.0 Å². The summed E-state index contributed by atoms with van der Waals surface area (Å²) in [5.74, 6) is 0.503. The molecule has 37 heavy (non-hydrogen) atoms. The Bertz CT molecular complexity index is 1230. The molecule has 2 aromatic rings. The van der Waals surface area contributed by atoms with Crippen LogP contribution in [0, 0.1) is 5.92 Å². The maximum atomic E-state index is 12.3. The number of esters is 1. The molecule has 0 radical (unpaired) electrons. The van der Waals surface area contributed by atoms with Gasteiger partial charge in [-0.05, 0) is 62.6 Å². The van der Waals surface area contributed by atoms with E-state index in [1.165, 1.54) is 6.20 Å². The highest BCUT2D eigenvalue weighted by molar-refractivity contribution is 6.10. The van der Waals surface area contributed by atoms with Crippen LogP contribution < -0.4 is 16.8 Å². The van der Waals surface area contributed by atoms with Gasteiger partial charge in [0.25, 0.3) is 0 Å². The quantitative estimate of drug-likeness (QED) is 0.192. The van der Waals surface area contributed by atoms with Crippen molar-refractivity contribution in [3.05, 3.63) is 66.3 Å². The molecule has 5 N–H and O–H groups in total. The molecule has 8 heteroatoms. The molecular formula is C29H38N6O2. The van der Waals surface area contributed by atoms with Crippen LogP contribution in [0.15, 0.2) is 70.7 Å². The van der Waals surface area contributed by atoms with Gasteiger partial charge in [-0.1, -0.05) is 25.1 Å². The van der Waals surface area contributed by atoms with Gasteiger partial charge < -0.3 is 21.5 Å². The molecule has 0 aliphatic heterocycles. The molecule has 8 nitrogen and oxygen atoms in total. The van der Waals surface area contributed by atoms with Crippen LogP contribution in [0.5, 0.6) is 0 Å². The van der Waals surface area contributed by atoms with Gasteiger partial charge in [0.15, 0.2) is 0 Å². The first-order chi connectivity index (χ1) is 17.8. The summed E-state index contributed by atoms with van der Waals surface area (Å²) >= 11 is 0. The second-order valence-electron chi connectivity index (χ2n) is 9.49. The van der Waals surface area contributed by atoms with Gasteiger partial charge in [-0.2, -0.15) is 0 Å². The number of hydrogen-bond donors (Lipinski definition) is 3. The molecule has 1 fully saturated rings. The Hall–Kier alpha value is -3.94. The molecule has 1 aliphatic rings. The number of rotatable bonds is 9. The summed E-state index contributed by atoms with van der Waals surface area (Å²) in [4.78, 5) is 25.6. The Morgan fingerprint density at radius 2 is 1.95 bits per heavy atom. The molecule has 1 saturated carbocycles. The van der Waals surface area contributed by atoms with Crippen molar-refractivity contribution in [2.75, 3.05) is 12.4 Å². The van der Waals surface area contributed by atoms with E-state index in [2.05, 4.69) is 21.9 Å². The number of hydrogen-bond acceptors (Lipinski definition) is 8. The largest absolute Gasteiger partial charge is 0.463 e. The maximum absolute atomic E-state index is 12.3. The molecule has 196 valence electrons. The Morgan fingerprint density at radius 3 is 2.65 bits per heavy atom. The van der Waals surface area contributed by atoms with Gasteiger partial charge in [-0.3, -0.25) is 14.8 Å². The van der Waals surface area contributed by atoms with E-state index in [0.717, 1.165) is 54.0 Å². The SMILES string of the molecule is C=C(Nc1cc2cc(/C(C=NC)=C/N)ccc2cn1)/C(C=NC1CCCC(C(=O)OC(C)C)CC1)=C/N. The Labute approximate surface area is 219 Å². The molecule has 2 unspecified atom stereocenters. The van der Waals surface area contributed by atoms with E-state index in [-0.39, 0.29) is 24.0 Å². The zero-order chi connectivity index (χ0) is 26.8. The van der Waals surface area contributed by atoms with Crippen LogP contribution in [0.3, 0.4) is 0 Å². The third-order valence-corrected chi connectivity index (χ3v) is 6.36. The van der Waals surface area contributed by atoms with E-state index in [9.17, 15) is 4.79 Å². The van der Waals surface area contributed by atoms with Crippen LogP contribution in [-0.2, 0) is 9.53 Å². The van der Waals surface area contributed by atoms with Crippen LogP contribution in [0.25, 0.3) is 16.3 Å². The predicted molar refractivity (Wildman–Crippen MR) is 153 cm³/mol. The minimum absolute atomic E-state index is 0.0473. The second-order valence-corrected chi connectivity index (χ2v) is 9.49. The fourth-order valence-corrected chi connectivity index (χ4v) is 4.37. The van der Waals surface area contributed by atoms with Gasteiger partial charge in [0, 0.05) is 66.3 Å². The fourth-order valence-electron chi connectivity index (χ4n) is 4.37. The van der Waals surface area contributed by atoms with E-state index >= 15 is 0 Å². The molecule has 1 aliphatic carbocycles. The standard InChI is InChI=1S/C29H38N6O2/c1-19(2)37-29(36)21-6-5-7-27(11-10-21)33-18-25(14-30)20(3)35-28-13-24-12-22(26(15-31)16-32-4)8-9-23(24)17-34-28/h8-9,12-19,21,27H,3,5-7,10-11,30-31H2,1-2,4H3,(H,34,35)/b25-14+,26-15+,32-16?,33-18?. The van der Waals surface area contributed by atoms with Crippen molar-refractivity contribution >= 4 is 40.6 Å². The lowest BCUT2D eigenvalue weighted by atomic mass is 10.0. The first kappa shape index (κ1) is 27.6. The van der Waals surface area contributed by atoms with Crippen LogP contribution in [-0.4, -0.2) is 42.6 Å². The summed E-state index contributed by atoms with van der Waals surface area (Å²) in [5.41, 5.74) is 14.8. The molecule has 2 atom stereocenters. The van der Waals surface area contributed by atoms with E-state index in [1.807, 2.05) is 38.1 Å². The Morgan fingerprint density at radius 1 is 1.14 bits per heavy atom. The Kier molecular flexibility index (Phi) is 10.0. The van der Waals surface area contributed by atoms with Crippen molar-refractivity contribution in [1.29, 1.82) is 0 Å². The highest BCUT2D eigenvalue weighted by Gasteiger charge is 2.25. The molecule has 1 aromatic heterocycles. The van der Waals surface area contributed by atoms with Gasteiger partial charge in [-0.15, -0.1) is 0 Å². The van der Waals surface area contributed by atoms with Gasteiger partial charge in [0.2, 0.25) is 0 Å². The molecule has 0 bridgehead atoms. The van der Waals surface area contributed by atoms with Crippen LogP contribution in [0.4, 0.5) is 5.82 Å². The zero-order valence-electron chi connectivity index (χ0n) is 22.0. The van der Waals surface area contributed by atoms with Gasteiger partial charge in [-0.25, -0.2) is 4.98 Å². The normalized spacial score (nSPS) is 19.5. The lowest BCUT2D eigenvalue weighted by Crippen LogP contribution is -2.20. The number of benzene rings is 1. The molecule has 0 spiro atoms. The lowest BCUT2D eigenvalue weighted by Gasteiger charge is -2.15. The number of nitrogens with zero attached hydrogens (tertiary/aromatic N) is 3. The third-order valence-electron chi connectivity index (χ3n) is 6.36. The molecule has 0 amide bonds. The number of fused-ring (bicyclic) bond motifs is 1. The smallest absolute Gasteiger partial charge is 0.309 e. The summed E-state index contributed by atoms with van der Waals surface area (Å²) in [6, 6.07) is 8.12. The monoisotopic (exact) mass is 502 g/mol. The number of aliphatic imine (C=N–C) groups is 2.